The van der Waals surface area contributed by atoms with E-state index in [2.05, 4.69) is 4.98 Å². The molecule has 2 aromatic heterocycles. The molecular weight excluding hydrogens is 486 g/mol. The smallest absolute Gasteiger partial charge is 0.332 e. The molecule has 1 saturated heterocycles. The number of benzene rings is 2. The molecule has 180 valence electrons. The van der Waals surface area contributed by atoms with Crippen LogP contribution in [0.2, 0.25) is 5.02 Å². The summed E-state index contributed by atoms with van der Waals surface area (Å²) in [5, 5.41) is 11.2. The van der Waals surface area contributed by atoms with E-state index in [0.717, 1.165) is 32.3 Å². The molecule has 0 amide bonds. The predicted molar refractivity (Wildman–Crippen MR) is 134 cm³/mol. The summed E-state index contributed by atoms with van der Waals surface area (Å²) in [6, 6.07) is 19.3. The molecule has 35 heavy (non-hydrogen) atoms. The van der Waals surface area contributed by atoms with Gasteiger partial charge in [0.25, 0.3) is 0 Å². The zero-order valence-electron chi connectivity index (χ0n) is 18.8. The number of carboxylic acids is 1. The Kier molecular flexibility index (Phi) is 7.29. The lowest BCUT2D eigenvalue weighted by Crippen LogP contribution is -2.37. The SMILES string of the molecule is O=C(O)C1CC(OCc2ccccc2)CC(c2ccc(Cl)c(Cc3ncc(-c4ccco4)s3)c2)O1. The number of halogens is 1. The monoisotopic (exact) mass is 509 g/mol. The molecule has 8 heteroatoms. The van der Waals surface area contributed by atoms with Crippen LogP contribution in [-0.2, 0) is 27.3 Å². The molecule has 0 radical (unpaired) electrons. The summed E-state index contributed by atoms with van der Waals surface area (Å²) in [6.45, 7) is 0.429. The topological polar surface area (TPSA) is 81.8 Å². The van der Waals surface area contributed by atoms with Gasteiger partial charge in [0.1, 0.15) is 5.76 Å². The summed E-state index contributed by atoms with van der Waals surface area (Å²) in [5.41, 5.74) is 2.84. The van der Waals surface area contributed by atoms with E-state index in [1.807, 2.05) is 60.7 Å². The number of hydrogen-bond donors (Lipinski definition) is 1. The lowest BCUT2D eigenvalue weighted by molar-refractivity contribution is -0.171. The maximum atomic E-state index is 11.8. The highest BCUT2D eigenvalue weighted by Crippen LogP contribution is 2.36. The van der Waals surface area contributed by atoms with Crippen LogP contribution in [0.3, 0.4) is 0 Å². The van der Waals surface area contributed by atoms with E-state index in [1.54, 1.807) is 23.8 Å². The van der Waals surface area contributed by atoms with Crippen LogP contribution >= 0.6 is 22.9 Å². The van der Waals surface area contributed by atoms with Gasteiger partial charge in [-0.3, -0.25) is 0 Å². The Hall–Kier alpha value is -2.97. The van der Waals surface area contributed by atoms with Gasteiger partial charge >= 0.3 is 5.97 Å². The third-order valence-electron chi connectivity index (χ3n) is 5.99. The lowest BCUT2D eigenvalue weighted by atomic mass is 9.94. The van der Waals surface area contributed by atoms with Crippen LogP contribution in [0, 0.1) is 0 Å². The maximum Gasteiger partial charge on any atom is 0.332 e. The number of hydrogen-bond acceptors (Lipinski definition) is 6. The van der Waals surface area contributed by atoms with Gasteiger partial charge in [-0.05, 0) is 34.9 Å². The van der Waals surface area contributed by atoms with Gasteiger partial charge in [0, 0.05) is 30.5 Å². The third kappa shape index (κ3) is 5.82. The first-order valence-electron chi connectivity index (χ1n) is 11.4. The number of aliphatic carboxylic acids is 1. The normalized spacial score (nSPS) is 20.1. The molecule has 0 bridgehead atoms. The van der Waals surface area contributed by atoms with Crippen molar-refractivity contribution in [2.75, 3.05) is 0 Å². The lowest BCUT2D eigenvalue weighted by Gasteiger charge is -2.34. The molecule has 1 N–H and O–H groups in total. The first-order valence-corrected chi connectivity index (χ1v) is 12.6. The summed E-state index contributed by atoms with van der Waals surface area (Å²) in [5.74, 6) is -0.198. The van der Waals surface area contributed by atoms with Crippen molar-refractivity contribution in [1.29, 1.82) is 0 Å². The van der Waals surface area contributed by atoms with Crippen molar-refractivity contribution < 1.29 is 23.8 Å². The quantitative estimate of drug-likeness (QED) is 0.290. The number of furan rings is 1. The first-order chi connectivity index (χ1) is 17.0. The van der Waals surface area contributed by atoms with Crippen molar-refractivity contribution in [3.63, 3.8) is 0 Å². The summed E-state index contributed by atoms with van der Waals surface area (Å²) < 4.78 is 17.5. The van der Waals surface area contributed by atoms with Crippen LogP contribution in [0.4, 0.5) is 0 Å². The summed E-state index contributed by atoms with van der Waals surface area (Å²) in [4.78, 5) is 17.3. The Morgan fingerprint density at radius 3 is 2.77 bits per heavy atom. The zero-order valence-corrected chi connectivity index (χ0v) is 20.4. The standard InChI is InChI=1S/C27H24ClNO5S/c28-21-9-8-18(11-19(21)12-26-29-15-25(35-26)22-7-4-10-32-22)23-13-20(14-24(34-23)27(30)31)33-16-17-5-2-1-3-6-17/h1-11,15,20,23-24H,12-14,16H2,(H,30,31). The summed E-state index contributed by atoms with van der Waals surface area (Å²) >= 11 is 8.07. The van der Waals surface area contributed by atoms with Gasteiger partial charge in [0.05, 0.1) is 35.0 Å². The van der Waals surface area contributed by atoms with E-state index in [9.17, 15) is 9.90 Å². The van der Waals surface area contributed by atoms with Gasteiger partial charge < -0.3 is 19.0 Å². The summed E-state index contributed by atoms with van der Waals surface area (Å²) in [7, 11) is 0. The zero-order chi connectivity index (χ0) is 24.2. The molecule has 6 nitrogen and oxygen atoms in total. The molecule has 0 aliphatic carbocycles. The second kappa shape index (κ2) is 10.7. The minimum atomic E-state index is -0.981. The fourth-order valence-corrected chi connectivity index (χ4v) is 5.29. The summed E-state index contributed by atoms with van der Waals surface area (Å²) in [6.07, 6.45) is 3.31. The predicted octanol–water partition coefficient (Wildman–Crippen LogP) is 6.54. The van der Waals surface area contributed by atoms with E-state index in [0.29, 0.717) is 30.9 Å². The second-order valence-corrected chi connectivity index (χ2v) is 9.99. The largest absolute Gasteiger partial charge is 0.479 e. The molecule has 4 aromatic rings. The molecule has 2 aromatic carbocycles. The second-order valence-electron chi connectivity index (χ2n) is 8.46. The van der Waals surface area contributed by atoms with Gasteiger partial charge in [0.2, 0.25) is 0 Å². The molecule has 1 aliphatic heterocycles. The van der Waals surface area contributed by atoms with Gasteiger partial charge in [-0.1, -0.05) is 54.1 Å². The van der Waals surface area contributed by atoms with Gasteiger partial charge in [0.15, 0.2) is 6.10 Å². The minimum absolute atomic E-state index is 0.232. The average Bonchev–Trinajstić information content (AvgIpc) is 3.57. The van der Waals surface area contributed by atoms with Crippen molar-refractivity contribution in [3.05, 3.63) is 99.8 Å². The molecule has 0 saturated carbocycles. The van der Waals surface area contributed by atoms with Crippen LogP contribution in [0.1, 0.15) is 40.6 Å². The minimum Gasteiger partial charge on any atom is -0.479 e. The Morgan fingerprint density at radius 1 is 1.14 bits per heavy atom. The Bertz CT molecular complexity index is 1270. The number of aromatic nitrogens is 1. The van der Waals surface area contributed by atoms with Crippen LogP contribution < -0.4 is 0 Å². The maximum absolute atomic E-state index is 11.8. The van der Waals surface area contributed by atoms with Crippen LogP contribution in [-0.4, -0.2) is 28.3 Å². The number of thiazole rings is 1. The van der Waals surface area contributed by atoms with E-state index in [4.69, 9.17) is 25.5 Å². The fraction of sp³-hybridized carbons (Fsp3) is 0.259. The molecule has 1 aliphatic rings. The Balaban J connectivity index is 1.32. The van der Waals surface area contributed by atoms with Crippen LogP contribution in [0.5, 0.6) is 0 Å². The highest BCUT2D eigenvalue weighted by molar-refractivity contribution is 7.15. The Morgan fingerprint density at radius 2 is 2.00 bits per heavy atom. The number of ether oxygens (including phenoxy) is 2. The van der Waals surface area contributed by atoms with Gasteiger partial charge in [-0.15, -0.1) is 11.3 Å². The van der Waals surface area contributed by atoms with Gasteiger partial charge in [-0.25, -0.2) is 9.78 Å². The van der Waals surface area contributed by atoms with E-state index < -0.39 is 18.2 Å². The molecular formula is C27H24ClNO5S. The highest BCUT2D eigenvalue weighted by Gasteiger charge is 2.35. The number of carboxylic acid groups (broad SMARTS) is 1. The van der Waals surface area contributed by atoms with Crippen LogP contribution in [0.25, 0.3) is 10.6 Å². The molecule has 3 unspecified atom stereocenters. The Labute approximate surface area is 212 Å². The molecule has 3 atom stereocenters. The van der Waals surface area contributed by atoms with Crippen molar-refractivity contribution in [3.8, 4) is 10.6 Å². The highest BCUT2D eigenvalue weighted by atomic mass is 35.5. The van der Waals surface area contributed by atoms with E-state index in [-0.39, 0.29) is 6.10 Å². The number of nitrogens with zero attached hydrogens (tertiary/aromatic N) is 1. The molecule has 3 heterocycles. The number of rotatable bonds is 8. The van der Waals surface area contributed by atoms with Crippen molar-refractivity contribution in [1.82, 2.24) is 4.98 Å². The van der Waals surface area contributed by atoms with E-state index >= 15 is 0 Å². The molecule has 0 spiro atoms. The number of carbonyl (C=O) groups is 1. The van der Waals surface area contributed by atoms with Gasteiger partial charge in [-0.2, -0.15) is 0 Å². The van der Waals surface area contributed by atoms with Crippen LogP contribution in [0.15, 0.2) is 77.5 Å². The molecule has 5 rings (SSSR count). The van der Waals surface area contributed by atoms with E-state index in [1.165, 1.54) is 0 Å². The molecule has 1 fully saturated rings. The van der Waals surface area contributed by atoms with Crippen molar-refractivity contribution >= 4 is 28.9 Å². The third-order valence-corrected chi connectivity index (χ3v) is 7.37. The first kappa shape index (κ1) is 23.8. The average molecular weight is 510 g/mol. The fourth-order valence-electron chi connectivity index (χ4n) is 4.20. The van der Waals surface area contributed by atoms with Crippen molar-refractivity contribution in [2.24, 2.45) is 0 Å². The van der Waals surface area contributed by atoms with Crippen molar-refractivity contribution in [2.45, 2.75) is 44.2 Å².